The van der Waals surface area contributed by atoms with Crippen LogP contribution in [0.2, 0.25) is 5.02 Å². The number of aromatic hydroxyl groups is 1. The first-order valence-corrected chi connectivity index (χ1v) is 14.0. The van der Waals surface area contributed by atoms with E-state index in [4.69, 9.17) is 17.3 Å². The molecule has 1 aromatic rings. The zero-order valence-electron chi connectivity index (χ0n) is 23.1. The minimum absolute atomic E-state index is 0.0221. The molecule has 6 N–H and O–H groups in total. The Morgan fingerprint density at radius 1 is 1.15 bits per heavy atom. The fourth-order valence-corrected chi connectivity index (χ4v) is 7.92. The van der Waals surface area contributed by atoms with E-state index in [-0.39, 0.29) is 29.7 Å². The molecule has 11 heteroatoms. The molecule has 6 atom stereocenters. The summed E-state index contributed by atoms with van der Waals surface area (Å²) in [4.78, 5) is 43.1. The van der Waals surface area contributed by atoms with Gasteiger partial charge in [-0.3, -0.25) is 24.2 Å². The van der Waals surface area contributed by atoms with Gasteiger partial charge in [0.1, 0.15) is 22.8 Å². The summed E-state index contributed by atoms with van der Waals surface area (Å²) in [5.74, 6) is -5.72. The third kappa shape index (κ3) is 4.15. The number of ketones is 2. The van der Waals surface area contributed by atoms with Gasteiger partial charge in [-0.1, -0.05) is 25.4 Å². The van der Waals surface area contributed by atoms with Crippen LogP contribution in [0, 0.1) is 23.7 Å². The summed E-state index contributed by atoms with van der Waals surface area (Å²) in [5.41, 5.74) is 2.76. The van der Waals surface area contributed by atoms with Crippen molar-refractivity contribution in [2.75, 3.05) is 27.2 Å². The molecule has 1 aromatic carbocycles. The Morgan fingerprint density at radius 2 is 1.77 bits per heavy atom. The summed E-state index contributed by atoms with van der Waals surface area (Å²) in [5, 5.41) is 45.3. The number of aliphatic hydroxyl groups is 3. The van der Waals surface area contributed by atoms with Crippen LogP contribution >= 0.6 is 11.6 Å². The van der Waals surface area contributed by atoms with Crippen molar-refractivity contribution in [2.24, 2.45) is 29.4 Å². The number of hydrogen-bond donors (Lipinski definition) is 5. The Bertz CT molecular complexity index is 1380. The van der Waals surface area contributed by atoms with Crippen molar-refractivity contribution < 1.29 is 34.8 Å². The van der Waals surface area contributed by atoms with Gasteiger partial charge < -0.3 is 26.2 Å². The van der Waals surface area contributed by atoms with Crippen molar-refractivity contribution in [2.45, 2.75) is 51.3 Å². The topological polar surface area (TPSA) is 165 Å². The molecule has 1 heterocycles. The first-order valence-electron chi connectivity index (χ1n) is 13.6. The molecule has 1 saturated heterocycles. The van der Waals surface area contributed by atoms with Crippen molar-refractivity contribution >= 4 is 29.1 Å². The van der Waals surface area contributed by atoms with Gasteiger partial charge in [0.05, 0.1) is 11.6 Å². The van der Waals surface area contributed by atoms with Crippen LogP contribution in [0.25, 0.3) is 0 Å². The number of amides is 1. The number of halogens is 1. The highest BCUT2D eigenvalue weighted by molar-refractivity contribution is 6.33. The van der Waals surface area contributed by atoms with Crippen molar-refractivity contribution in [1.29, 1.82) is 0 Å². The Balaban J connectivity index is 1.60. The molecule has 4 aliphatic rings. The number of carbonyl (C=O) groups is 3. The number of benzene rings is 1. The smallest absolute Gasteiger partial charge is 0.255 e. The number of fused-ring (bicyclic) bond motifs is 3. The Labute approximate surface area is 237 Å². The lowest BCUT2D eigenvalue weighted by Crippen LogP contribution is -2.63. The zero-order chi connectivity index (χ0) is 29.4. The van der Waals surface area contributed by atoms with Crippen LogP contribution in [0.1, 0.15) is 48.2 Å². The summed E-state index contributed by atoms with van der Waals surface area (Å²) in [6, 6.07) is 0.435. The second-order valence-electron chi connectivity index (χ2n) is 12.3. The maximum atomic E-state index is 13.8. The molecular weight excluding hydrogens is 538 g/mol. The maximum absolute atomic E-state index is 13.8. The first-order chi connectivity index (χ1) is 18.7. The largest absolute Gasteiger partial charge is 0.510 e. The van der Waals surface area contributed by atoms with Gasteiger partial charge in [0, 0.05) is 36.1 Å². The number of hydrogen-bond acceptors (Lipinski definition) is 9. The van der Waals surface area contributed by atoms with E-state index in [1.807, 2.05) is 0 Å². The molecule has 1 amide bonds. The molecule has 0 bridgehead atoms. The first kappa shape index (κ1) is 28.6. The Hall–Kier alpha value is -2.92. The van der Waals surface area contributed by atoms with E-state index in [1.54, 1.807) is 14.1 Å². The van der Waals surface area contributed by atoms with E-state index in [9.17, 15) is 34.8 Å². The van der Waals surface area contributed by atoms with Crippen LogP contribution in [0.5, 0.6) is 5.75 Å². The van der Waals surface area contributed by atoms with Gasteiger partial charge in [-0.25, -0.2) is 0 Å². The molecule has 10 nitrogen and oxygen atoms in total. The summed E-state index contributed by atoms with van der Waals surface area (Å²) < 4.78 is 0. The summed E-state index contributed by atoms with van der Waals surface area (Å²) in [6.07, 6.45) is 1.33. The minimum atomic E-state index is -2.66. The molecule has 0 radical (unpaired) electrons. The predicted molar refractivity (Wildman–Crippen MR) is 147 cm³/mol. The van der Waals surface area contributed by atoms with Crippen molar-refractivity contribution in [3.8, 4) is 5.75 Å². The van der Waals surface area contributed by atoms with Gasteiger partial charge >= 0.3 is 0 Å². The van der Waals surface area contributed by atoms with E-state index in [0.717, 1.165) is 19.5 Å². The van der Waals surface area contributed by atoms with Gasteiger partial charge in [-0.15, -0.1) is 0 Å². The second-order valence-corrected chi connectivity index (χ2v) is 12.7. The van der Waals surface area contributed by atoms with E-state index >= 15 is 0 Å². The molecule has 0 saturated carbocycles. The lowest BCUT2D eigenvalue weighted by molar-refractivity contribution is -0.148. The molecule has 5 rings (SSSR count). The number of piperidine rings is 1. The highest BCUT2D eigenvalue weighted by Gasteiger charge is 2.63. The monoisotopic (exact) mass is 573 g/mol. The third-order valence-electron chi connectivity index (χ3n) is 9.07. The number of nitrogens with two attached hydrogens (primary N) is 1. The predicted octanol–water partition coefficient (Wildman–Crippen LogP) is 2.25. The standard InChI is InChI=1S/C29H36ClN3O7/c1-12-5-13(2)10-33(9-12)11-15-8-18(34)20-16(22(15)30)6-14-7-17-23(32(3)4)25(36)21(28(31)39)27(38)29(17,40)26(37)19(14)24(20)35/h8,12-14,17,23,34,36-37,40H,5-7,9-11H2,1-4H3,(H2,31,39)/t12-,13-,14-,17-,23-,29-/m0/s1. The van der Waals surface area contributed by atoms with Crippen molar-refractivity contribution in [1.82, 2.24) is 9.80 Å². The van der Waals surface area contributed by atoms with Gasteiger partial charge in [0.2, 0.25) is 5.78 Å². The number of primary amides is 1. The third-order valence-corrected chi connectivity index (χ3v) is 9.54. The maximum Gasteiger partial charge on any atom is 0.255 e. The van der Waals surface area contributed by atoms with Crippen LogP contribution in [-0.4, -0.2) is 86.5 Å². The van der Waals surface area contributed by atoms with E-state index < -0.39 is 58.0 Å². The number of likely N-dealkylation sites (tertiary alicyclic amines) is 1. The zero-order valence-corrected chi connectivity index (χ0v) is 23.8. The molecule has 0 aromatic heterocycles. The number of phenols is 1. The summed E-state index contributed by atoms with van der Waals surface area (Å²) in [7, 11) is 3.19. The number of carbonyl (C=O) groups excluding carboxylic acids is 3. The summed E-state index contributed by atoms with van der Waals surface area (Å²) in [6.45, 7) is 6.70. The lowest BCUT2D eigenvalue weighted by atomic mass is 9.58. The van der Waals surface area contributed by atoms with Crippen LogP contribution in [-0.2, 0) is 22.6 Å². The molecule has 3 aliphatic carbocycles. The molecule has 216 valence electrons. The van der Waals surface area contributed by atoms with Crippen molar-refractivity contribution in [3.05, 3.63) is 50.4 Å². The number of aliphatic hydroxyl groups excluding tert-OH is 2. The Kier molecular flexibility index (Phi) is 7.06. The number of allylic oxidation sites excluding steroid dienone is 1. The number of Topliss-reactive ketones (excluding diaryl/α,β-unsaturated/α-hetero) is 2. The highest BCUT2D eigenvalue weighted by Crippen LogP contribution is 2.53. The molecule has 0 unspecified atom stereocenters. The molecule has 1 fully saturated rings. The number of nitrogens with zero attached hydrogens (tertiary/aromatic N) is 2. The van der Waals surface area contributed by atoms with Crippen LogP contribution < -0.4 is 5.73 Å². The fourth-order valence-electron chi connectivity index (χ4n) is 7.63. The number of phenolic OH excluding ortho intramolecular Hbond substituents is 1. The van der Waals surface area contributed by atoms with E-state index in [2.05, 4.69) is 18.7 Å². The van der Waals surface area contributed by atoms with Crippen LogP contribution in [0.15, 0.2) is 28.7 Å². The van der Waals surface area contributed by atoms with E-state index in [0.29, 0.717) is 34.5 Å². The molecule has 0 spiro atoms. The average molecular weight is 574 g/mol. The fraction of sp³-hybridized carbons (Fsp3) is 0.552. The lowest BCUT2D eigenvalue weighted by Gasteiger charge is -2.50. The van der Waals surface area contributed by atoms with Gasteiger partial charge in [0.25, 0.3) is 5.91 Å². The normalized spacial score (nSPS) is 32.7. The molecular formula is C29H36ClN3O7. The Morgan fingerprint density at radius 3 is 2.35 bits per heavy atom. The minimum Gasteiger partial charge on any atom is -0.510 e. The molecule has 1 aliphatic heterocycles. The highest BCUT2D eigenvalue weighted by atomic mass is 35.5. The average Bonchev–Trinajstić information content (AvgIpc) is 2.83. The quantitative estimate of drug-likeness (QED) is 0.340. The SMILES string of the molecule is C[C@H]1C[C@H](C)CN(Cc2cc(O)c3c(c2Cl)C[C@H]2C[C@H]4[C@H](N(C)C)C(O)=C(C(N)=O)C(=O)[C@@]4(O)C(O)=C2C3=O)C1. The van der Waals surface area contributed by atoms with Gasteiger partial charge in [-0.05, 0) is 68.3 Å². The van der Waals surface area contributed by atoms with Crippen molar-refractivity contribution in [3.63, 3.8) is 0 Å². The van der Waals surface area contributed by atoms with Crippen LogP contribution in [0.3, 0.4) is 0 Å². The molecule has 40 heavy (non-hydrogen) atoms. The van der Waals surface area contributed by atoms with Gasteiger partial charge in [-0.2, -0.15) is 0 Å². The number of rotatable bonds is 4. The summed E-state index contributed by atoms with van der Waals surface area (Å²) >= 11 is 6.89. The second kappa shape index (κ2) is 9.87. The van der Waals surface area contributed by atoms with Gasteiger partial charge in [0.15, 0.2) is 11.4 Å². The van der Waals surface area contributed by atoms with Crippen LogP contribution in [0.4, 0.5) is 0 Å². The van der Waals surface area contributed by atoms with E-state index in [1.165, 1.54) is 11.0 Å². The number of likely N-dealkylation sites (N-methyl/N-ethyl adjacent to an activating group) is 1.